The third kappa shape index (κ3) is 1.67. The van der Waals surface area contributed by atoms with E-state index in [1.807, 2.05) is 6.92 Å². The Morgan fingerprint density at radius 2 is 2.39 bits per heavy atom. The Bertz CT molecular complexity index is 773. The second-order valence-corrected chi connectivity index (χ2v) is 4.97. The lowest BCUT2D eigenvalue weighted by Gasteiger charge is -2.22. The average Bonchev–Trinajstić information content (AvgIpc) is 2.75. The third-order valence-electron chi connectivity index (χ3n) is 3.40. The van der Waals surface area contributed by atoms with Gasteiger partial charge in [0.2, 0.25) is 5.91 Å². The van der Waals surface area contributed by atoms with Crippen LogP contribution in [-0.4, -0.2) is 5.91 Å². The van der Waals surface area contributed by atoms with Crippen LogP contribution >= 0.6 is 11.6 Å². The Morgan fingerprint density at radius 1 is 1.61 bits per heavy atom. The number of rotatable bonds is 1. The van der Waals surface area contributed by atoms with Gasteiger partial charge in [-0.05, 0) is 66.4 Å². The highest BCUT2D eigenvalue weighted by atomic mass is 35.5. The van der Waals surface area contributed by atoms with Crippen molar-refractivity contribution in [2.75, 3.05) is 0 Å². The first kappa shape index (κ1) is 7.34. The van der Waals surface area contributed by atoms with E-state index < -0.39 is 31.0 Å². The molecule has 1 amide bonds. The maximum Gasteiger partial charge on any atom is 0.224 e. The van der Waals surface area contributed by atoms with E-state index in [4.69, 9.17) is 24.2 Å². The third-order valence-corrected chi connectivity index (χ3v) is 3.81. The van der Waals surface area contributed by atoms with E-state index in [1.54, 1.807) is 12.1 Å². The van der Waals surface area contributed by atoms with Crippen LogP contribution < -0.4 is 5.73 Å². The van der Waals surface area contributed by atoms with Crippen LogP contribution in [-0.2, 0) is 11.2 Å². The van der Waals surface area contributed by atoms with Gasteiger partial charge in [0.1, 0.15) is 0 Å². The quantitative estimate of drug-likeness (QED) is 0.833. The molecule has 3 heteroatoms. The molecular weight excluding hydrogens is 246 g/mol. The first-order valence-electron chi connectivity index (χ1n) is 8.25. The highest BCUT2D eigenvalue weighted by Gasteiger charge is 2.33. The van der Waals surface area contributed by atoms with E-state index in [0.29, 0.717) is 10.6 Å². The molecule has 2 aliphatic carbocycles. The number of hydrogen-bond acceptors (Lipinski definition) is 1. The van der Waals surface area contributed by atoms with Gasteiger partial charge in [-0.2, -0.15) is 0 Å². The molecule has 3 rings (SSSR count). The van der Waals surface area contributed by atoms with Crippen LogP contribution in [0.25, 0.3) is 5.57 Å². The fourth-order valence-electron chi connectivity index (χ4n) is 2.54. The number of carbonyl (C=O) groups is 1. The number of fused-ring (bicyclic) bond motifs is 2. The van der Waals surface area contributed by atoms with Crippen molar-refractivity contribution in [3.05, 3.63) is 39.4 Å². The standard InChI is InChI=1S/C15H16ClNO/c1-8-5-9-6-13-10(12(9)7-14(8)16)3-2-4-11(13)15(17)18/h5,7,11H,2-4,6H2,1H3,(H2,17,18)/i3D2,4D2,11D. The molecule has 0 fully saturated rings. The van der Waals surface area contributed by atoms with E-state index >= 15 is 0 Å². The van der Waals surface area contributed by atoms with Gasteiger partial charge in [-0.3, -0.25) is 4.79 Å². The smallest absolute Gasteiger partial charge is 0.224 e. The van der Waals surface area contributed by atoms with E-state index in [0.717, 1.165) is 11.1 Å². The zero-order valence-electron chi connectivity index (χ0n) is 14.9. The van der Waals surface area contributed by atoms with Crippen LogP contribution in [0.1, 0.15) is 42.7 Å². The zero-order valence-corrected chi connectivity index (χ0v) is 10.7. The van der Waals surface area contributed by atoms with E-state index in [9.17, 15) is 4.79 Å². The summed E-state index contributed by atoms with van der Waals surface area (Å²) < 4.78 is 41.2. The number of nitrogens with two attached hydrogens (primary N) is 1. The molecular formula is C15H16ClNO. The van der Waals surface area contributed by atoms with Gasteiger partial charge in [-0.15, -0.1) is 0 Å². The van der Waals surface area contributed by atoms with Crippen LogP contribution in [0.15, 0.2) is 17.7 Å². The summed E-state index contributed by atoms with van der Waals surface area (Å²) in [7, 11) is 0. The van der Waals surface area contributed by atoms with Crippen molar-refractivity contribution < 1.29 is 11.6 Å². The van der Waals surface area contributed by atoms with Gasteiger partial charge in [0.15, 0.2) is 0 Å². The lowest BCUT2D eigenvalue weighted by atomic mass is 9.82. The Kier molecular flexibility index (Phi) is 1.68. The summed E-state index contributed by atoms with van der Waals surface area (Å²) in [6, 6.07) is 3.43. The Balaban J connectivity index is 2.33. The van der Waals surface area contributed by atoms with Crippen molar-refractivity contribution in [2.45, 2.75) is 32.5 Å². The second-order valence-electron chi connectivity index (χ2n) is 4.56. The lowest BCUT2D eigenvalue weighted by molar-refractivity contribution is -0.121. The van der Waals surface area contributed by atoms with Crippen molar-refractivity contribution in [3.8, 4) is 0 Å². The minimum atomic E-state index is -2.39. The largest absolute Gasteiger partial charge is 0.369 e. The molecule has 1 aromatic carbocycles. The van der Waals surface area contributed by atoms with E-state index in [1.165, 1.54) is 0 Å². The average molecular weight is 267 g/mol. The number of benzene rings is 1. The van der Waals surface area contributed by atoms with Gasteiger partial charge < -0.3 is 5.73 Å². The van der Waals surface area contributed by atoms with Crippen LogP contribution in [0.5, 0.6) is 0 Å². The number of allylic oxidation sites excluding steroid dienone is 1. The summed E-state index contributed by atoms with van der Waals surface area (Å²) >= 11 is 6.15. The predicted octanol–water partition coefficient (Wildman–Crippen LogP) is 3.24. The molecule has 0 bridgehead atoms. The predicted molar refractivity (Wildman–Crippen MR) is 73.3 cm³/mol. The maximum absolute atomic E-state index is 11.9. The normalized spacial score (nSPS) is 35.6. The molecule has 1 aromatic rings. The fraction of sp³-hybridized carbons (Fsp3) is 0.400. The number of amides is 1. The SMILES string of the molecule is [2H]C1([2H])CC([2H])([2H])C([2H])(C(N)=O)C2=C1c1cc(Cl)c(C)cc1C2. The van der Waals surface area contributed by atoms with Gasteiger partial charge >= 0.3 is 0 Å². The molecule has 1 atom stereocenters. The molecule has 0 radical (unpaired) electrons. The van der Waals surface area contributed by atoms with Gasteiger partial charge in [0.25, 0.3) is 0 Å². The van der Waals surface area contributed by atoms with Crippen molar-refractivity contribution in [1.29, 1.82) is 0 Å². The summed E-state index contributed by atoms with van der Waals surface area (Å²) in [4.78, 5) is 11.9. The van der Waals surface area contributed by atoms with Gasteiger partial charge in [0.05, 0.1) is 5.89 Å². The Labute approximate surface area is 119 Å². The molecule has 1 unspecified atom stereocenters. The van der Waals surface area contributed by atoms with Crippen LogP contribution in [0.4, 0.5) is 0 Å². The first-order chi connectivity index (χ1) is 10.4. The summed E-state index contributed by atoms with van der Waals surface area (Å²) in [6.45, 7) is 1.82. The number of hydrogen-bond donors (Lipinski definition) is 1. The molecule has 18 heavy (non-hydrogen) atoms. The van der Waals surface area contributed by atoms with Crippen molar-refractivity contribution in [3.63, 3.8) is 0 Å². The minimum Gasteiger partial charge on any atom is -0.369 e. The number of carbonyl (C=O) groups excluding carboxylic acids is 1. The van der Waals surface area contributed by atoms with Gasteiger partial charge in [0, 0.05) is 11.9 Å². The van der Waals surface area contributed by atoms with E-state index in [2.05, 4.69) is 0 Å². The number of aryl methyl sites for hydroxylation is 1. The monoisotopic (exact) mass is 266 g/mol. The Morgan fingerprint density at radius 3 is 3.11 bits per heavy atom. The van der Waals surface area contributed by atoms with E-state index in [-0.39, 0.29) is 17.6 Å². The highest BCUT2D eigenvalue weighted by molar-refractivity contribution is 6.31. The molecule has 94 valence electrons. The van der Waals surface area contributed by atoms with Gasteiger partial charge in [-0.1, -0.05) is 17.7 Å². The molecule has 0 aromatic heterocycles. The first-order valence-corrected chi connectivity index (χ1v) is 6.13. The Hall–Kier alpha value is -1.28. The molecule has 2 nitrogen and oxygen atoms in total. The maximum atomic E-state index is 11.9. The number of primary amides is 1. The topological polar surface area (TPSA) is 43.1 Å². The van der Waals surface area contributed by atoms with Crippen LogP contribution in [0.3, 0.4) is 0 Å². The minimum absolute atomic E-state index is 0.114. The van der Waals surface area contributed by atoms with Gasteiger partial charge in [-0.25, -0.2) is 0 Å². The number of halogens is 1. The summed E-state index contributed by atoms with van der Waals surface area (Å²) in [5.74, 6) is -3.38. The molecule has 0 aliphatic heterocycles. The molecule has 0 saturated heterocycles. The van der Waals surface area contributed by atoms with Crippen molar-refractivity contribution in [2.24, 2.45) is 11.6 Å². The lowest BCUT2D eigenvalue weighted by Crippen LogP contribution is -2.27. The summed E-state index contributed by atoms with van der Waals surface area (Å²) in [5.41, 5.74) is 7.78. The molecule has 0 heterocycles. The zero-order chi connectivity index (χ0) is 17.4. The van der Waals surface area contributed by atoms with Crippen LogP contribution in [0.2, 0.25) is 5.02 Å². The molecule has 0 saturated carbocycles. The molecule has 2 N–H and O–H groups in total. The fourth-order valence-corrected chi connectivity index (χ4v) is 2.70. The highest BCUT2D eigenvalue weighted by Crippen LogP contribution is 2.45. The summed E-state index contributed by atoms with van der Waals surface area (Å²) in [6.07, 6.45) is -4.85. The van der Waals surface area contributed by atoms with Crippen molar-refractivity contribution in [1.82, 2.24) is 0 Å². The molecule has 0 spiro atoms. The van der Waals surface area contributed by atoms with Crippen LogP contribution in [0, 0.1) is 12.8 Å². The summed E-state index contributed by atoms with van der Waals surface area (Å²) in [5, 5.41) is 0.469. The van der Waals surface area contributed by atoms with Crippen molar-refractivity contribution >= 4 is 23.1 Å². The molecule has 2 aliphatic rings. The second kappa shape index (κ2) is 4.13.